The molecule has 0 bridgehead atoms. The van der Waals surface area contributed by atoms with Crippen molar-refractivity contribution in [3.63, 3.8) is 0 Å². The van der Waals surface area contributed by atoms with Crippen molar-refractivity contribution in [2.24, 2.45) is 5.41 Å². The van der Waals surface area contributed by atoms with Gasteiger partial charge in [0.25, 0.3) is 0 Å². The number of hydrogen-bond acceptors (Lipinski definition) is 3. The van der Waals surface area contributed by atoms with E-state index in [0.29, 0.717) is 31.5 Å². The highest BCUT2D eigenvalue weighted by Crippen LogP contribution is 2.33. The third-order valence-electron chi connectivity index (χ3n) is 3.34. The standard InChI is InChI=1S/C13H15NO3/c15-11(10-4-2-1-3-5-10)13(12(16)17)6-8-14-9-7-13/h1-5,14H,6-9H2,(H,16,17). The molecule has 1 fully saturated rings. The lowest BCUT2D eigenvalue weighted by Gasteiger charge is -2.32. The van der Waals surface area contributed by atoms with E-state index in [-0.39, 0.29) is 5.78 Å². The molecule has 2 rings (SSSR count). The lowest BCUT2D eigenvalue weighted by Crippen LogP contribution is -2.47. The maximum Gasteiger partial charge on any atom is 0.317 e. The molecule has 17 heavy (non-hydrogen) atoms. The van der Waals surface area contributed by atoms with Crippen LogP contribution in [0.5, 0.6) is 0 Å². The average molecular weight is 233 g/mol. The van der Waals surface area contributed by atoms with Crippen molar-refractivity contribution in [3.8, 4) is 0 Å². The molecule has 0 spiro atoms. The smallest absolute Gasteiger partial charge is 0.317 e. The molecular formula is C13H15NO3. The van der Waals surface area contributed by atoms with Crippen molar-refractivity contribution >= 4 is 11.8 Å². The molecule has 4 heteroatoms. The van der Waals surface area contributed by atoms with Crippen LogP contribution in [-0.4, -0.2) is 29.9 Å². The van der Waals surface area contributed by atoms with E-state index >= 15 is 0 Å². The molecule has 1 heterocycles. The molecule has 1 saturated heterocycles. The van der Waals surface area contributed by atoms with Gasteiger partial charge in [0.2, 0.25) is 0 Å². The van der Waals surface area contributed by atoms with Gasteiger partial charge in [0.15, 0.2) is 5.78 Å². The van der Waals surface area contributed by atoms with Gasteiger partial charge in [0.05, 0.1) is 0 Å². The Hall–Kier alpha value is -1.68. The van der Waals surface area contributed by atoms with Gasteiger partial charge in [0.1, 0.15) is 5.41 Å². The molecule has 0 unspecified atom stereocenters. The van der Waals surface area contributed by atoms with Gasteiger partial charge in [-0.05, 0) is 25.9 Å². The first-order valence-corrected chi connectivity index (χ1v) is 5.71. The molecule has 0 radical (unpaired) electrons. The molecule has 0 saturated carbocycles. The molecular weight excluding hydrogens is 218 g/mol. The zero-order valence-electron chi connectivity index (χ0n) is 9.48. The monoisotopic (exact) mass is 233 g/mol. The Balaban J connectivity index is 2.34. The van der Waals surface area contributed by atoms with E-state index in [2.05, 4.69) is 5.32 Å². The van der Waals surface area contributed by atoms with Gasteiger partial charge in [-0.1, -0.05) is 30.3 Å². The quantitative estimate of drug-likeness (QED) is 0.610. The highest BCUT2D eigenvalue weighted by atomic mass is 16.4. The van der Waals surface area contributed by atoms with Crippen molar-refractivity contribution in [2.75, 3.05) is 13.1 Å². The first kappa shape index (κ1) is 11.8. The molecule has 90 valence electrons. The Morgan fingerprint density at radius 2 is 1.71 bits per heavy atom. The van der Waals surface area contributed by atoms with Gasteiger partial charge in [-0.2, -0.15) is 0 Å². The maximum absolute atomic E-state index is 12.4. The number of carboxylic acid groups (broad SMARTS) is 1. The van der Waals surface area contributed by atoms with Gasteiger partial charge in [0, 0.05) is 5.56 Å². The second-order valence-corrected chi connectivity index (χ2v) is 4.33. The van der Waals surface area contributed by atoms with Crippen LogP contribution >= 0.6 is 0 Å². The van der Waals surface area contributed by atoms with E-state index in [1.54, 1.807) is 24.3 Å². The number of benzene rings is 1. The topological polar surface area (TPSA) is 66.4 Å². The lowest BCUT2D eigenvalue weighted by molar-refractivity contribution is -0.147. The molecule has 1 aliphatic rings. The van der Waals surface area contributed by atoms with Crippen molar-refractivity contribution in [3.05, 3.63) is 35.9 Å². The van der Waals surface area contributed by atoms with Crippen molar-refractivity contribution in [1.29, 1.82) is 0 Å². The van der Waals surface area contributed by atoms with Gasteiger partial charge in [-0.3, -0.25) is 9.59 Å². The number of Topliss-reactive ketones (excluding diaryl/α,β-unsaturated/α-hetero) is 1. The summed E-state index contributed by atoms with van der Waals surface area (Å²) in [5, 5.41) is 12.5. The Morgan fingerprint density at radius 1 is 1.12 bits per heavy atom. The number of carboxylic acids is 1. The summed E-state index contributed by atoms with van der Waals surface area (Å²) in [6.07, 6.45) is 0.714. The Kier molecular flexibility index (Phi) is 3.24. The van der Waals surface area contributed by atoms with E-state index in [1.165, 1.54) is 0 Å². The third-order valence-corrected chi connectivity index (χ3v) is 3.34. The second-order valence-electron chi connectivity index (χ2n) is 4.33. The first-order chi connectivity index (χ1) is 8.17. The molecule has 0 aliphatic carbocycles. The summed E-state index contributed by atoms with van der Waals surface area (Å²) in [5.41, 5.74) is -0.760. The Labute approximate surface area is 99.6 Å². The molecule has 4 nitrogen and oxygen atoms in total. The summed E-state index contributed by atoms with van der Waals surface area (Å²) >= 11 is 0. The molecule has 2 N–H and O–H groups in total. The van der Waals surface area contributed by atoms with Crippen LogP contribution in [0.2, 0.25) is 0 Å². The summed E-state index contributed by atoms with van der Waals surface area (Å²) in [4.78, 5) is 23.8. The van der Waals surface area contributed by atoms with Crippen molar-refractivity contribution in [2.45, 2.75) is 12.8 Å². The van der Waals surface area contributed by atoms with Gasteiger partial charge >= 0.3 is 5.97 Å². The van der Waals surface area contributed by atoms with E-state index in [1.807, 2.05) is 6.07 Å². The largest absolute Gasteiger partial charge is 0.480 e. The van der Waals surface area contributed by atoms with Gasteiger partial charge < -0.3 is 10.4 Å². The zero-order valence-corrected chi connectivity index (χ0v) is 9.48. The fraction of sp³-hybridized carbons (Fsp3) is 0.385. The molecule has 0 amide bonds. The van der Waals surface area contributed by atoms with Crippen LogP contribution in [0, 0.1) is 5.41 Å². The van der Waals surface area contributed by atoms with Crippen LogP contribution in [0.15, 0.2) is 30.3 Å². The van der Waals surface area contributed by atoms with Gasteiger partial charge in [-0.25, -0.2) is 0 Å². The third kappa shape index (κ3) is 2.08. The molecule has 0 atom stereocenters. The van der Waals surface area contributed by atoms with Crippen LogP contribution in [0.4, 0.5) is 0 Å². The number of hydrogen-bond donors (Lipinski definition) is 2. The molecule has 1 aromatic carbocycles. The SMILES string of the molecule is O=C(O)C1(C(=O)c2ccccc2)CCNCC1. The highest BCUT2D eigenvalue weighted by molar-refractivity contribution is 6.12. The number of aliphatic carboxylic acids is 1. The van der Waals surface area contributed by atoms with E-state index in [9.17, 15) is 14.7 Å². The minimum atomic E-state index is -1.24. The summed E-state index contributed by atoms with van der Waals surface area (Å²) < 4.78 is 0. The summed E-state index contributed by atoms with van der Waals surface area (Å²) in [6, 6.07) is 8.67. The summed E-state index contributed by atoms with van der Waals surface area (Å²) in [7, 11) is 0. The predicted molar refractivity (Wildman–Crippen MR) is 62.9 cm³/mol. The van der Waals surface area contributed by atoms with Crippen LogP contribution in [0.3, 0.4) is 0 Å². The van der Waals surface area contributed by atoms with Crippen LogP contribution in [-0.2, 0) is 4.79 Å². The number of piperidine rings is 1. The molecule has 1 aliphatic heterocycles. The summed E-state index contributed by atoms with van der Waals surface area (Å²) in [5.74, 6) is -1.28. The Morgan fingerprint density at radius 3 is 2.24 bits per heavy atom. The second kappa shape index (κ2) is 4.67. The number of carbonyl (C=O) groups excluding carboxylic acids is 1. The number of nitrogens with one attached hydrogen (secondary N) is 1. The van der Waals surface area contributed by atoms with Crippen LogP contribution in [0.25, 0.3) is 0 Å². The minimum Gasteiger partial charge on any atom is -0.480 e. The first-order valence-electron chi connectivity index (χ1n) is 5.71. The molecule has 1 aromatic rings. The average Bonchev–Trinajstić information content (AvgIpc) is 2.39. The van der Waals surface area contributed by atoms with Crippen molar-refractivity contribution < 1.29 is 14.7 Å². The van der Waals surface area contributed by atoms with E-state index < -0.39 is 11.4 Å². The minimum absolute atomic E-state index is 0.271. The van der Waals surface area contributed by atoms with E-state index in [0.717, 1.165) is 0 Å². The fourth-order valence-corrected chi connectivity index (χ4v) is 2.26. The summed E-state index contributed by atoms with van der Waals surface area (Å²) in [6.45, 7) is 1.15. The highest BCUT2D eigenvalue weighted by Gasteiger charge is 2.46. The number of carbonyl (C=O) groups is 2. The molecule has 0 aromatic heterocycles. The van der Waals surface area contributed by atoms with Crippen LogP contribution in [0.1, 0.15) is 23.2 Å². The van der Waals surface area contributed by atoms with Crippen LogP contribution < -0.4 is 5.32 Å². The number of rotatable bonds is 3. The number of ketones is 1. The van der Waals surface area contributed by atoms with Crippen molar-refractivity contribution in [1.82, 2.24) is 5.32 Å². The maximum atomic E-state index is 12.4. The predicted octanol–water partition coefficient (Wildman–Crippen LogP) is 1.32. The fourth-order valence-electron chi connectivity index (χ4n) is 2.26. The van der Waals surface area contributed by atoms with Gasteiger partial charge in [-0.15, -0.1) is 0 Å². The normalized spacial score (nSPS) is 18.6. The lowest BCUT2D eigenvalue weighted by atomic mass is 9.73. The van der Waals surface area contributed by atoms with E-state index in [4.69, 9.17) is 0 Å². The Bertz CT molecular complexity index is 422. The zero-order chi connectivity index (χ0) is 12.3.